The zero-order valence-corrected chi connectivity index (χ0v) is 25.7. The summed E-state index contributed by atoms with van der Waals surface area (Å²) < 4.78 is 68.9. The number of aromatic nitrogens is 1. The van der Waals surface area contributed by atoms with Crippen LogP contribution in [0.2, 0.25) is 0 Å². The maximum atomic E-state index is 10.6. The quantitative estimate of drug-likeness (QED) is 0.202. The van der Waals surface area contributed by atoms with E-state index in [1.165, 1.54) is 59.1 Å². The Labute approximate surface area is 266 Å². The van der Waals surface area contributed by atoms with Gasteiger partial charge in [0, 0.05) is 41.8 Å². The van der Waals surface area contributed by atoms with Gasteiger partial charge in [-0.3, -0.25) is 4.90 Å². The Hall–Kier alpha value is -3.98. The van der Waals surface area contributed by atoms with Gasteiger partial charge in [-0.25, -0.2) is 9.59 Å². The topological polar surface area (TPSA) is 135 Å². The van der Waals surface area contributed by atoms with E-state index < -0.39 is 24.3 Å². The van der Waals surface area contributed by atoms with Crippen LogP contribution in [0.25, 0.3) is 10.9 Å². The SMILES string of the molecule is CC[C@H]1CN2CCc3cc(O)c(OC)cc3[C@@H]2C[C@@H]1C[C@H]1NCCc2c1[nH]c1ccccc21.O=C(O)C(F)(F)F.O=C(O)C(F)(F)F. The highest BCUT2D eigenvalue weighted by atomic mass is 19.4. The molecule has 15 heteroatoms. The van der Waals surface area contributed by atoms with Gasteiger partial charge in [0.25, 0.3) is 0 Å². The third-order valence-corrected chi connectivity index (χ3v) is 9.08. The van der Waals surface area contributed by atoms with Crippen LogP contribution >= 0.6 is 0 Å². The van der Waals surface area contributed by atoms with E-state index in [9.17, 15) is 31.4 Å². The molecule has 0 bridgehead atoms. The third-order valence-electron chi connectivity index (χ3n) is 9.08. The minimum atomic E-state index is -5.08. The number of alkyl halides is 6. The predicted octanol–water partition coefficient (Wildman–Crippen LogP) is 6.37. The first-order valence-electron chi connectivity index (χ1n) is 15.1. The second-order valence-electron chi connectivity index (χ2n) is 11.8. The molecule has 1 saturated heterocycles. The van der Waals surface area contributed by atoms with E-state index >= 15 is 0 Å². The molecule has 0 amide bonds. The van der Waals surface area contributed by atoms with Gasteiger partial charge >= 0.3 is 24.3 Å². The molecule has 2 aromatic carbocycles. The molecular weight excluding hydrogens is 636 g/mol. The van der Waals surface area contributed by atoms with Crippen LogP contribution in [0.4, 0.5) is 26.3 Å². The number of halogens is 6. The minimum absolute atomic E-state index is 0.265. The number of rotatable bonds is 4. The second-order valence-corrected chi connectivity index (χ2v) is 11.8. The number of aromatic amines is 1. The molecule has 4 atom stereocenters. The number of para-hydroxylation sites is 1. The Morgan fingerprint density at radius 2 is 1.64 bits per heavy atom. The van der Waals surface area contributed by atoms with E-state index in [0.717, 1.165) is 31.8 Å². The van der Waals surface area contributed by atoms with Crippen molar-refractivity contribution in [1.82, 2.24) is 15.2 Å². The van der Waals surface area contributed by atoms with Crippen molar-refractivity contribution in [3.05, 3.63) is 58.8 Å². The van der Waals surface area contributed by atoms with Crippen LogP contribution in [-0.4, -0.2) is 76.2 Å². The summed E-state index contributed by atoms with van der Waals surface area (Å²) >= 11 is 0. The number of benzene rings is 2. The molecule has 4 heterocycles. The van der Waals surface area contributed by atoms with Crippen LogP contribution in [0.3, 0.4) is 0 Å². The number of phenols is 1. The summed E-state index contributed by atoms with van der Waals surface area (Å²) in [6, 6.07) is 13.6. The van der Waals surface area contributed by atoms with Crippen molar-refractivity contribution in [3.8, 4) is 11.5 Å². The van der Waals surface area contributed by atoms with Crippen LogP contribution in [0.5, 0.6) is 11.5 Å². The van der Waals surface area contributed by atoms with Gasteiger partial charge in [-0.2, -0.15) is 26.3 Å². The maximum absolute atomic E-state index is 10.6. The predicted molar refractivity (Wildman–Crippen MR) is 159 cm³/mol. The first-order valence-corrected chi connectivity index (χ1v) is 15.1. The summed E-state index contributed by atoms with van der Waals surface area (Å²) in [5, 5.41) is 29.8. The Morgan fingerprint density at radius 3 is 2.23 bits per heavy atom. The number of hydrogen-bond donors (Lipinski definition) is 5. The lowest BCUT2D eigenvalue weighted by Crippen LogP contribution is -2.46. The van der Waals surface area contributed by atoms with Gasteiger partial charge in [0.15, 0.2) is 11.5 Å². The smallest absolute Gasteiger partial charge is 0.490 e. The highest BCUT2D eigenvalue weighted by Crippen LogP contribution is 2.47. The highest BCUT2D eigenvalue weighted by molar-refractivity contribution is 5.85. The van der Waals surface area contributed by atoms with Crippen molar-refractivity contribution in [3.63, 3.8) is 0 Å². The molecule has 3 aliphatic heterocycles. The van der Waals surface area contributed by atoms with Crippen molar-refractivity contribution in [2.45, 2.75) is 63.5 Å². The van der Waals surface area contributed by atoms with E-state index in [1.54, 1.807) is 7.11 Å². The summed E-state index contributed by atoms with van der Waals surface area (Å²) in [4.78, 5) is 24.2. The van der Waals surface area contributed by atoms with Crippen LogP contribution in [-0.2, 0) is 22.4 Å². The fourth-order valence-corrected chi connectivity index (χ4v) is 6.87. The van der Waals surface area contributed by atoms with E-state index in [2.05, 4.69) is 52.5 Å². The molecule has 0 saturated carbocycles. The summed E-state index contributed by atoms with van der Waals surface area (Å²) in [6.07, 6.45) is -4.48. The zero-order chi connectivity index (χ0) is 34.7. The van der Waals surface area contributed by atoms with E-state index in [1.807, 2.05) is 6.07 Å². The van der Waals surface area contributed by atoms with Crippen molar-refractivity contribution in [2.75, 3.05) is 26.7 Å². The van der Waals surface area contributed by atoms with E-state index in [4.69, 9.17) is 24.5 Å². The number of phenolic OH excluding ortho intramolecular Hbond substituents is 1. The molecule has 1 fully saturated rings. The Kier molecular flexibility index (Phi) is 11.0. The molecule has 1 aromatic heterocycles. The lowest BCUT2D eigenvalue weighted by molar-refractivity contribution is -0.193. The van der Waals surface area contributed by atoms with Crippen molar-refractivity contribution < 1.29 is 56.0 Å². The Morgan fingerprint density at radius 1 is 1.00 bits per heavy atom. The molecule has 5 N–H and O–H groups in total. The molecule has 0 spiro atoms. The molecular formula is C32H37F6N3O6. The monoisotopic (exact) mass is 673 g/mol. The molecule has 258 valence electrons. The number of H-pyrrole nitrogens is 1. The molecule has 3 aromatic rings. The van der Waals surface area contributed by atoms with Crippen molar-refractivity contribution in [2.24, 2.45) is 11.8 Å². The van der Waals surface area contributed by atoms with Crippen LogP contribution < -0.4 is 10.1 Å². The first kappa shape index (κ1) is 35.9. The molecule has 0 aliphatic carbocycles. The number of carboxylic acids is 2. The normalized spacial score (nSPS) is 22.4. The van der Waals surface area contributed by atoms with Gasteiger partial charge in [-0.1, -0.05) is 31.5 Å². The zero-order valence-electron chi connectivity index (χ0n) is 25.7. The summed E-state index contributed by atoms with van der Waals surface area (Å²) in [5.41, 5.74) is 6.85. The number of methoxy groups -OCH3 is 1. The van der Waals surface area contributed by atoms with Gasteiger partial charge in [-0.05, 0) is 79.0 Å². The number of carboxylic acid groups (broad SMARTS) is 2. The number of fused-ring (bicyclic) bond motifs is 6. The van der Waals surface area contributed by atoms with E-state index in [0.29, 0.717) is 23.8 Å². The maximum Gasteiger partial charge on any atom is 0.490 e. The number of carbonyl (C=O) groups is 2. The van der Waals surface area contributed by atoms with Gasteiger partial charge < -0.3 is 30.4 Å². The average molecular weight is 674 g/mol. The van der Waals surface area contributed by atoms with Gasteiger partial charge in [0.2, 0.25) is 0 Å². The average Bonchev–Trinajstić information content (AvgIpc) is 3.40. The standard InChI is InChI=1S/C28H35N3O2.2C2HF3O2/c1-3-17-16-31-11-9-18-14-26(32)27(33-2)15-22(18)25(31)13-19(17)12-24-28-21(8-10-29-24)20-6-4-5-7-23(20)30-28;2*3-2(4,5)1(6)7/h4-7,14-15,17,19,24-25,29-30,32H,3,8-13,16H2,1-2H3;2*(H,6,7)/t17-,19-,24+,25-;;/m0../s1. The minimum Gasteiger partial charge on any atom is -0.504 e. The highest BCUT2D eigenvalue weighted by Gasteiger charge is 2.41. The summed E-state index contributed by atoms with van der Waals surface area (Å²) in [7, 11) is 1.64. The number of ether oxygens (including phenoxy) is 1. The molecule has 0 unspecified atom stereocenters. The van der Waals surface area contributed by atoms with Crippen LogP contribution in [0.1, 0.15) is 60.7 Å². The number of aromatic hydroxyl groups is 1. The first-order chi connectivity index (χ1) is 22.0. The summed E-state index contributed by atoms with van der Waals surface area (Å²) in [5.74, 6) is -3.27. The number of hydrogen-bond acceptors (Lipinski definition) is 6. The molecule has 47 heavy (non-hydrogen) atoms. The van der Waals surface area contributed by atoms with Gasteiger partial charge in [0.1, 0.15) is 0 Å². The largest absolute Gasteiger partial charge is 0.504 e. The molecule has 6 rings (SSSR count). The Balaban J connectivity index is 0.000000301. The summed E-state index contributed by atoms with van der Waals surface area (Å²) in [6.45, 7) is 5.67. The van der Waals surface area contributed by atoms with Crippen LogP contribution in [0, 0.1) is 11.8 Å². The molecule has 9 nitrogen and oxygen atoms in total. The lowest BCUT2D eigenvalue weighted by atomic mass is 9.73. The van der Waals surface area contributed by atoms with E-state index in [-0.39, 0.29) is 5.75 Å². The number of nitrogens with one attached hydrogen (secondary N) is 2. The second kappa shape index (κ2) is 14.4. The number of piperidine rings is 1. The van der Waals surface area contributed by atoms with Crippen molar-refractivity contribution in [1.29, 1.82) is 0 Å². The number of aliphatic carboxylic acids is 2. The lowest BCUT2D eigenvalue weighted by Gasteiger charge is -2.48. The molecule has 0 radical (unpaired) electrons. The van der Waals surface area contributed by atoms with Crippen LogP contribution in [0.15, 0.2) is 36.4 Å². The molecule has 3 aliphatic rings. The van der Waals surface area contributed by atoms with Gasteiger partial charge in [0.05, 0.1) is 7.11 Å². The Bertz CT molecular complexity index is 1550. The van der Waals surface area contributed by atoms with Crippen molar-refractivity contribution >= 4 is 22.8 Å². The fraction of sp³-hybridized carbons (Fsp3) is 0.500. The fourth-order valence-electron chi connectivity index (χ4n) is 6.87. The third kappa shape index (κ3) is 8.30. The van der Waals surface area contributed by atoms with Gasteiger partial charge in [-0.15, -0.1) is 0 Å². The number of nitrogens with zero attached hydrogens (tertiary/aromatic N) is 1.